The lowest BCUT2D eigenvalue weighted by Crippen LogP contribution is -2.05. The smallest absolute Gasteiger partial charge is 0.350 e. The molecule has 0 spiro atoms. The first kappa shape index (κ1) is 16.1. The van der Waals surface area contributed by atoms with Gasteiger partial charge in [0.05, 0.1) is 12.8 Å². The van der Waals surface area contributed by atoms with Gasteiger partial charge in [-0.3, -0.25) is 0 Å². The van der Waals surface area contributed by atoms with E-state index in [1.807, 2.05) is 48.5 Å². The van der Waals surface area contributed by atoms with E-state index in [-0.39, 0.29) is 5.57 Å². The van der Waals surface area contributed by atoms with Gasteiger partial charge in [-0.25, -0.2) is 4.79 Å². The molecule has 0 atom stereocenters. The Morgan fingerprint density at radius 3 is 2.57 bits per heavy atom. The summed E-state index contributed by atoms with van der Waals surface area (Å²) < 4.78 is 10.3. The fourth-order valence-electron chi connectivity index (χ4n) is 1.84. The van der Waals surface area contributed by atoms with E-state index in [0.717, 1.165) is 5.56 Å². The molecule has 1 N–H and O–H groups in total. The molecule has 0 amide bonds. The normalized spacial score (nSPS) is 10.5. The molecule has 0 saturated carbocycles. The number of ether oxygens (including phenoxy) is 2. The lowest BCUT2D eigenvalue weighted by atomic mass is 10.2. The Bertz CT molecular complexity index is 733. The molecule has 0 saturated heterocycles. The summed E-state index contributed by atoms with van der Waals surface area (Å²) in [7, 11) is 1.23. The van der Waals surface area contributed by atoms with Gasteiger partial charge in [0.25, 0.3) is 0 Å². The fourth-order valence-corrected chi connectivity index (χ4v) is 1.84. The zero-order valence-corrected chi connectivity index (χ0v) is 12.7. The molecule has 2 rings (SSSR count). The third-order valence-electron chi connectivity index (χ3n) is 3.02. The highest BCUT2D eigenvalue weighted by Gasteiger charge is 2.09. The molecule has 0 aliphatic heterocycles. The number of esters is 1. The minimum atomic E-state index is -0.692. The SMILES string of the molecule is COC(=O)/C(C#N)=C/Nc1ccccc1OCc1ccccc1. The number of rotatable bonds is 6. The summed E-state index contributed by atoms with van der Waals surface area (Å²) in [6.07, 6.45) is 1.30. The highest BCUT2D eigenvalue weighted by atomic mass is 16.5. The van der Waals surface area contributed by atoms with E-state index in [0.29, 0.717) is 18.0 Å². The average molecular weight is 308 g/mol. The number of carbonyl (C=O) groups is 1. The lowest BCUT2D eigenvalue weighted by Gasteiger charge is -2.11. The number of benzene rings is 2. The van der Waals surface area contributed by atoms with E-state index in [4.69, 9.17) is 10.00 Å². The summed E-state index contributed by atoms with van der Waals surface area (Å²) in [5.74, 6) is -0.0718. The summed E-state index contributed by atoms with van der Waals surface area (Å²) in [4.78, 5) is 11.4. The number of nitriles is 1. The molecule has 116 valence electrons. The maximum absolute atomic E-state index is 11.4. The van der Waals surface area contributed by atoms with Crippen molar-refractivity contribution in [1.82, 2.24) is 0 Å². The Balaban J connectivity index is 2.10. The number of para-hydroxylation sites is 2. The van der Waals surface area contributed by atoms with Crippen LogP contribution in [-0.2, 0) is 16.1 Å². The first-order valence-corrected chi connectivity index (χ1v) is 6.95. The van der Waals surface area contributed by atoms with Crippen LogP contribution in [0.2, 0.25) is 0 Å². The molecule has 23 heavy (non-hydrogen) atoms. The van der Waals surface area contributed by atoms with Crippen molar-refractivity contribution in [3.8, 4) is 11.8 Å². The molecular weight excluding hydrogens is 292 g/mol. The van der Waals surface area contributed by atoms with Crippen molar-refractivity contribution < 1.29 is 14.3 Å². The van der Waals surface area contributed by atoms with E-state index < -0.39 is 5.97 Å². The Kier molecular flexibility index (Phi) is 5.78. The molecule has 5 nitrogen and oxygen atoms in total. The minimum absolute atomic E-state index is 0.120. The van der Waals surface area contributed by atoms with Gasteiger partial charge < -0.3 is 14.8 Å². The number of hydrogen-bond donors (Lipinski definition) is 1. The van der Waals surface area contributed by atoms with Crippen LogP contribution in [0.1, 0.15) is 5.56 Å². The predicted octanol–water partition coefficient (Wildman–Crippen LogP) is 3.26. The predicted molar refractivity (Wildman–Crippen MR) is 86.6 cm³/mol. The molecule has 0 aromatic heterocycles. The van der Waals surface area contributed by atoms with Crippen LogP contribution in [0.5, 0.6) is 5.75 Å². The maximum atomic E-state index is 11.4. The van der Waals surface area contributed by atoms with Crippen molar-refractivity contribution in [3.63, 3.8) is 0 Å². The van der Waals surface area contributed by atoms with Crippen LogP contribution in [0.3, 0.4) is 0 Å². The highest BCUT2D eigenvalue weighted by molar-refractivity contribution is 5.93. The van der Waals surface area contributed by atoms with Gasteiger partial charge in [-0.2, -0.15) is 5.26 Å². The van der Waals surface area contributed by atoms with E-state index in [9.17, 15) is 4.79 Å². The fraction of sp³-hybridized carbons (Fsp3) is 0.111. The molecule has 0 bridgehead atoms. The Morgan fingerprint density at radius 1 is 1.17 bits per heavy atom. The molecule has 5 heteroatoms. The molecule has 0 aliphatic rings. The minimum Gasteiger partial charge on any atom is -0.487 e. The topological polar surface area (TPSA) is 71.4 Å². The van der Waals surface area contributed by atoms with Gasteiger partial charge in [0.1, 0.15) is 18.4 Å². The summed E-state index contributed by atoms with van der Waals surface area (Å²) in [6, 6.07) is 18.8. The number of nitrogens with one attached hydrogen (secondary N) is 1. The van der Waals surface area contributed by atoms with Crippen LogP contribution in [-0.4, -0.2) is 13.1 Å². The van der Waals surface area contributed by atoms with Gasteiger partial charge in [-0.1, -0.05) is 42.5 Å². The molecule has 0 fully saturated rings. The summed E-state index contributed by atoms with van der Waals surface area (Å²) in [6.45, 7) is 0.422. The van der Waals surface area contributed by atoms with Gasteiger partial charge in [0.15, 0.2) is 5.57 Å². The average Bonchev–Trinajstić information content (AvgIpc) is 2.61. The zero-order valence-electron chi connectivity index (χ0n) is 12.7. The van der Waals surface area contributed by atoms with Crippen molar-refractivity contribution >= 4 is 11.7 Å². The van der Waals surface area contributed by atoms with Crippen LogP contribution in [0.25, 0.3) is 0 Å². The van der Waals surface area contributed by atoms with Gasteiger partial charge in [-0.15, -0.1) is 0 Å². The van der Waals surface area contributed by atoms with E-state index in [1.54, 1.807) is 12.1 Å². The number of anilines is 1. The second kappa shape index (κ2) is 8.25. The maximum Gasteiger partial charge on any atom is 0.350 e. The summed E-state index contributed by atoms with van der Waals surface area (Å²) >= 11 is 0. The Hall–Kier alpha value is -3.26. The first-order chi connectivity index (χ1) is 11.2. The van der Waals surface area contributed by atoms with Gasteiger partial charge >= 0.3 is 5.97 Å². The largest absolute Gasteiger partial charge is 0.487 e. The Morgan fingerprint density at radius 2 is 1.87 bits per heavy atom. The van der Waals surface area contributed by atoms with E-state index in [1.165, 1.54) is 13.3 Å². The third kappa shape index (κ3) is 4.61. The number of methoxy groups -OCH3 is 1. The third-order valence-corrected chi connectivity index (χ3v) is 3.02. The van der Waals surface area contributed by atoms with Gasteiger partial charge in [0.2, 0.25) is 0 Å². The summed E-state index contributed by atoms with van der Waals surface area (Å²) in [5, 5.41) is 11.8. The first-order valence-electron chi connectivity index (χ1n) is 6.95. The highest BCUT2D eigenvalue weighted by Crippen LogP contribution is 2.25. The quantitative estimate of drug-likeness (QED) is 0.504. The second-order valence-corrected chi connectivity index (χ2v) is 4.58. The van der Waals surface area contributed by atoms with Crippen molar-refractivity contribution in [2.45, 2.75) is 6.61 Å². The molecule has 2 aromatic rings. The lowest BCUT2D eigenvalue weighted by molar-refractivity contribution is -0.135. The van der Waals surface area contributed by atoms with E-state index >= 15 is 0 Å². The number of hydrogen-bond acceptors (Lipinski definition) is 5. The molecule has 0 aliphatic carbocycles. The monoisotopic (exact) mass is 308 g/mol. The van der Waals surface area contributed by atoms with E-state index in [2.05, 4.69) is 10.1 Å². The van der Waals surface area contributed by atoms with Crippen molar-refractivity contribution in [1.29, 1.82) is 5.26 Å². The molecular formula is C18H16N2O3. The van der Waals surface area contributed by atoms with Crippen LogP contribution in [0, 0.1) is 11.3 Å². The van der Waals surface area contributed by atoms with Gasteiger partial charge in [0, 0.05) is 6.20 Å². The van der Waals surface area contributed by atoms with Crippen LogP contribution in [0.4, 0.5) is 5.69 Å². The standard InChI is InChI=1S/C18H16N2O3/c1-22-18(21)15(11-19)12-20-16-9-5-6-10-17(16)23-13-14-7-3-2-4-8-14/h2-10,12,20H,13H2,1H3/b15-12+. The number of nitrogens with zero attached hydrogens (tertiary/aromatic N) is 1. The van der Waals surface area contributed by atoms with Crippen molar-refractivity contribution in [2.75, 3.05) is 12.4 Å². The molecule has 0 unspecified atom stereocenters. The van der Waals surface area contributed by atoms with Crippen LogP contribution >= 0.6 is 0 Å². The zero-order chi connectivity index (χ0) is 16.5. The van der Waals surface area contributed by atoms with Crippen LogP contribution < -0.4 is 10.1 Å². The molecule has 0 radical (unpaired) electrons. The van der Waals surface area contributed by atoms with Crippen molar-refractivity contribution in [3.05, 3.63) is 71.9 Å². The van der Waals surface area contributed by atoms with Crippen molar-refractivity contribution in [2.24, 2.45) is 0 Å². The molecule has 2 aromatic carbocycles. The van der Waals surface area contributed by atoms with Gasteiger partial charge in [-0.05, 0) is 17.7 Å². The molecule has 0 heterocycles. The van der Waals surface area contributed by atoms with Crippen LogP contribution in [0.15, 0.2) is 66.4 Å². The number of carbonyl (C=O) groups excluding carboxylic acids is 1. The summed E-state index contributed by atoms with van der Waals surface area (Å²) in [5.41, 5.74) is 1.58. The second-order valence-electron chi connectivity index (χ2n) is 4.58. The Labute approximate surface area is 134 Å².